The molecule has 1 aromatic carbocycles. The lowest BCUT2D eigenvalue weighted by Crippen LogP contribution is -2.43. The van der Waals surface area contributed by atoms with Crippen molar-refractivity contribution in [1.29, 1.82) is 0 Å². The van der Waals surface area contributed by atoms with Gasteiger partial charge in [0.2, 0.25) is 5.95 Å². The molecule has 0 aliphatic carbocycles. The molecule has 1 atom stereocenters. The third-order valence-corrected chi connectivity index (χ3v) is 4.97. The normalized spacial score (nSPS) is 16.5. The summed E-state index contributed by atoms with van der Waals surface area (Å²) >= 11 is 0. The molecular formula is C21H28N4O3. The van der Waals surface area contributed by atoms with Crippen LogP contribution >= 0.6 is 0 Å². The Morgan fingerprint density at radius 3 is 2.57 bits per heavy atom. The minimum Gasteiger partial charge on any atom is -0.497 e. The number of rotatable bonds is 8. The number of nitrogens with zero attached hydrogens (tertiary/aromatic N) is 3. The topological polar surface area (TPSA) is 76.6 Å². The summed E-state index contributed by atoms with van der Waals surface area (Å²) in [6.07, 6.45) is 7.53. The number of anilines is 1. The molecule has 1 saturated heterocycles. The van der Waals surface area contributed by atoms with Crippen molar-refractivity contribution in [2.24, 2.45) is 0 Å². The van der Waals surface area contributed by atoms with Gasteiger partial charge in [0.15, 0.2) is 0 Å². The van der Waals surface area contributed by atoms with Crippen LogP contribution in [0, 0.1) is 0 Å². The van der Waals surface area contributed by atoms with Gasteiger partial charge in [-0.05, 0) is 49.9 Å². The lowest BCUT2D eigenvalue weighted by atomic mass is 9.99. The smallest absolute Gasteiger partial charge is 0.257 e. The van der Waals surface area contributed by atoms with E-state index in [0.29, 0.717) is 30.7 Å². The second-order valence-corrected chi connectivity index (χ2v) is 6.80. The summed E-state index contributed by atoms with van der Waals surface area (Å²) in [7, 11) is 1.63. The van der Waals surface area contributed by atoms with E-state index in [4.69, 9.17) is 9.47 Å². The first-order valence-electron chi connectivity index (χ1n) is 9.85. The number of aromatic nitrogens is 2. The van der Waals surface area contributed by atoms with Crippen molar-refractivity contribution < 1.29 is 14.3 Å². The van der Waals surface area contributed by atoms with Crippen molar-refractivity contribution in [1.82, 2.24) is 14.9 Å². The molecule has 0 radical (unpaired) electrons. The summed E-state index contributed by atoms with van der Waals surface area (Å²) in [5.41, 5.74) is 0.542. The van der Waals surface area contributed by atoms with Crippen LogP contribution in [0.5, 0.6) is 11.5 Å². The zero-order chi connectivity index (χ0) is 19.8. The van der Waals surface area contributed by atoms with Crippen molar-refractivity contribution in [3.63, 3.8) is 0 Å². The van der Waals surface area contributed by atoms with E-state index in [-0.39, 0.29) is 5.91 Å². The van der Waals surface area contributed by atoms with E-state index < -0.39 is 0 Å². The third kappa shape index (κ3) is 5.12. The average Bonchev–Trinajstić information content (AvgIpc) is 2.77. The molecule has 28 heavy (non-hydrogen) atoms. The molecule has 2 aromatic rings. The molecule has 150 valence electrons. The van der Waals surface area contributed by atoms with Crippen molar-refractivity contribution >= 4 is 11.9 Å². The van der Waals surface area contributed by atoms with Crippen molar-refractivity contribution in [3.05, 3.63) is 42.2 Å². The highest BCUT2D eigenvalue weighted by Gasteiger charge is 2.26. The van der Waals surface area contributed by atoms with E-state index in [1.807, 2.05) is 29.2 Å². The fraction of sp³-hybridized carbons (Fsp3) is 0.476. The van der Waals surface area contributed by atoms with Gasteiger partial charge in [0.05, 0.1) is 19.2 Å². The zero-order valence-corrected chi connectivity index (χ0v) is 16.6. The van der Waals surface area contributed by atoms with E-state index in [0.717, 1.165) is 37.3 Å². The minimum absolute atomic E-state index is 0.0286. The quantitative estimate of drug-likeness (QED) is 0.703. The van der Waals surface area contributed by atoms with Crippen molar-refractivity contribution in [2.75, 3.05) is 32.1 Å². The Hall–Kier alpha value is -2.83. The van der Waals surface area contributed by atoms with Crippen LogP contribution in [0.25, 0.3) is 0 Å². The molecule has 0 saturated carbocycles. The van der Waals surface area contributed by atoms with Gasteiger partial charge in [-0.1, -0.05) is 6.92 Å². The summed E-state index contributed by atoms with van der Waals surface area (Å²) in [6.45, 7) is 3.99. The van der Waals surface area contributed by atoms with Crippen LogP contribution in [0.15, 0.2) is 36.7 Å². The Bertz CT molecular complexity index is 749. The number of methoxy groups -OCH3 is 1. The minimum atomic E-state index is 0.0286. The van der Waals surface area contributed by atoms with Gasteiger partial charge in [-0.3, -0.25) is 4.79 Å². The highest BCUT2D eigenvalue weighted by atomic mass is 16.5. The first-order chi connectivity index (χ1) is 13.7. The highest BCUT2D eigenvalue weighted by molar-refractivity contribution is 5.94. The Labute approximate surface area is 166 Å². The second-order valence-electron chi connectivity index (χ2n) is 6.80. The largest absolute Gasteiger partial charge is 0.497 e. The van der Waals surface area contributed by atoms with Crippen LogP contribution in [-0.2, 0) is 0 Å². The van der Waals surface area contributed by atoms with Crippen LogP contribution in [0.1, 0.15) is 43.0 Å². The fourth-order valence-electron chi connectivity index (χ4n) is 3.39. The Morgan fingerprint density at radius 1 is 1.18 bits per heavy atom. The number of likely N-dealkylation sites (tertiary alicyclic amines) is 1. The Balaban J connectivity index is 1.46. The number of nitrogens with one attached hydrogen (secondary N) is 1. The molecule has 2 heterocycles. The molecular weight excluding hydrogens is 356 g/mol. The predicted molar refractivity (Wildman–Crippen MR) is 108 cm³/mol. The number of ether oxygens (including phenoxy) is 2. The molecule has 3 rings (SSSR count). The maximum absolute atomic E-state index is 12.7. The van der Waals surface area contributed by atoms with Gasteiger partial charge in [-0.15, -0.1) is 0 Å². The maximum Gasteiger partial charge on any atom is 0.257 e. The van der Waals surface area contributed by atoms with Gasteiger partial charge < -0.3 is 19.7 Å². The number of benzene rings is 1. The third-order valence-electron chi connectivity index (χ3n) is 4.97. The first kappa shape index (κ1) is 19.9. The number of carbonyl (C=O) groups is 1. The van der Waals surface area contributed by atoms with E-state index in [9.17, 15) is 4.79 Å². The van der Waals surface area contributed by atoms with E-state index >= 15 is 0 Å². The fourth-order valence-corrected chi connectivity index (χ4v) is 3.39. The number of amides is 1. The standard InChI is InChI=1S/C21H28N4O3/c1-3-17-6-4-5-12-25(17)20(26)16-14-23-21(24-15-16)22-11-13-28-19-9-7-18(27-2)8-10-19/h7-10,14-15,17H,3-6,11-13H2,1-2H3,(H,22,23,24). The molecule has 1 N–H and O–H groups in total. The second kappa shape index (κ2) is 9.92. The van der Waals surface area contributed by atoms with E-state index in [1.54, 1.807) is 19.5 Å². The van der Waals surface area contributed by atoms with Gasteiger partial charge in [0.25, 0.3) is 5.91 Å². The predicted octanol–water partition coefficient (Wildman–Crippen LogP) is 3.38. The van der Waals surface area contributed by atoms with Gasteiger partial charge in [0.1, 0.15) is 18.1 Å². The molecule has 1 aromatic heterocycles. The van der Waals surface area contributed by atoms with Crippen LogP contribution in [-0.4, -0.2) is 53.6 Å². The molecule has 1 fully saturated rings. The van der Waals surface area contributed by atoms with E-state index in [2.05, 4.69) is 22.2 Å². The summed E-state index contributed by atoms with van der Waals surface area (Å²) in [5.74, 6) is 2.08. The molecule has 0 bridgehead atoms. The molecule has 0 spiro atoms. The summed E-state index contributed by atoms with van der Waals surface area (Å²) in [4.78, 5) is 23.3. The van der Waals surface area contributed by atoms with Crippen molar-refractivity contribution in [3.8, 4) is 11.5 Å². The maximum atomic E-state index is 12.7. The molecule has 1 aliphatic rings. The molecule has 1 aliphatic heterocycles. The van der Waals surface area contributed by atoms with Gasteiger partial charge >= 0.3 is 0 Å². The Morgan fingerprint density at radius 2 is 1.89 bits per heavy atom. The van der Waals surface area contributed by atoms with Crippen LogP contribution < -0.4 is 14.8 Å². The SMILES string of the molecule is CCC1CCCCN1C(=O)c1cnc(NCCOc2ccc(OC)cc2)nc1. The van der Waals surface area contributed by atoms with Gasteiger partial charge in [-0.2, -0.15) is 0 Å². The number of hydrogen-bond donors (Lipinski definition) is 1. The molecule has 1 amide bonds. The lowest BCUT2D eigenvalue weighted by molar-refractivity contribution is 0.0607. The molecule has 1 unspecified atom stereocenters. The van der Waals surface area contributed by atoms with Crippen LogP contribution in [0.3, 0.4) is 0 Å². The Kier molecular flexibility index (Phi) is 7.06. The van der Waals surface area contributed by atoms with Gasteiger partial charge in [-0.25, -0.2) is 9.97 Å². The van der Waals surface area contributed by atoms with Gasteiger partial charge in [0, 0.05) is 25.0 Å². The van der Waals surface area contributed by atoms with Crippen molar-refractivity contribution in [2.45, 2.75) is 38.6 Å². The summed E-state index contributed by atoms with van der Waals surface area (Å²) in [6, 6.07) is 7.76. The number of carbonyl (C=O) groups excluding carboxylic acids is 1. The number of piperidine rings is 1. The van der Waals surface area contributed by atoms with Crippen LogP contribution in [0.4, 0.5) is 5.95 Å². The van der Waals surface area contributed by atoms with E-state index in [1.165, 1.54) is 6.42 Å². The monoisotopic (exact) mass is 384 g/mol. The number of hydrogen-bond acceptors (Lipinski definition) is 6. The van der Waals surface area contributed by atoms with Crippen LogP contribution in [0.2, 0.25) is 0 Å². The molecule has 7 heteroatoms. The molecule has 7 nitrogen and oxygen atoms in total. The average molecular weight is 384 g/mol. The lowest BCUT2D eigenvalue weighted by Gasteiger charge is -2.35. The summed E-state index contributed by atoms with van der Waals surface area (Å²) in [5, 5.41) is 3.11. The first-order valence-corrected chi connectivity index (χ1v) is 9.85. The summed E-state index contributed by atoms with van der Waals surface area (Å²) < 4.78 is 10.8. The zero-order valence-electron chi connectivity index (χ0n) is 16.6. The highest BCUT2D eigenvalue weighted by Crippen LogP contribution is 2.21.